The van der Waals surface area contributed by atoms with Gasteiger partial charge < -0.3 is 5.32 Å². The summed E-state index contributed by atoms with van der Waals surface area (Å²) in [6, 6.07) is 4.85. The maximum atomic E-state index is 13.0. The molecule has 1 aromatic rings. The highest BCUT2D eigenvalue weighted by Gasteiger charge is 2.20. The van der Waals surface area contributed by atoms with Gasteiger partial charge in [-0.25, -0.2) is 4.39 Å². The first kappa shape index (κ1) is 12.8. The van der Waals surface area contributed by atoms with Gasteiger partial charge in [0.15, 0.2) is 0 Å². The molecule has 4 heteroatoms. The van der Waals surface area contributed by atoms with E-state index < -0.39 is 0 Å². The summed E-state index contributed by atoms with van der Waals surface area (Å²) in [7, 11) is 0. The average molecular weight is 248 g/mol. The molecule has 1 nitrogen and oxygen atoms in total. The van der Waals surface area contributed by atoms with Gasteiger partial charge in [-0.2, -0.15) is 12.6 Å². The molecule has 0 aliphatic heterocycles. The average Bonchev–Trinajstić information content (AvgIpc) is 2.19. The van der Waals surface area contributed by atoms with Gasteiger partial charge in [-0.1, -0.05) is 31.5 Å². The van der Waals surface area contributed by atoms with E-state index in [2.05, 4.69) is 31.8 Å². The van der Waals surface area contributed by atoms with Crippen LogP contribution >= 0.6 is 24.2 Å². The summed E-state index contributed by atoms with van der Waals surface area (Å²) in [5.74, 6) is 0.247. The van der Waals surface area contributed by atoms with Crippen LogP contribution in [0.3, 0.4) is 0 Å². The second-order valence-electron chi connectivity index (χ2n) is 4.10. The number of nitrogens with one attached hydrogen (secondary N) is 1. The Kier molecular flexibility index (Phi) is 4.44. The van der Waals surface area contributed by atoms with Crippen LogP contribution in [0.1, 0.15) is 19.4 Å². The Balaban J connectivity index is 2.89. The van der Waals surface area contributed by atoms with Crippen molar-refractivity contribution in [3.8, 4) is 0 Å². The molecule has 0 radical (unpaired) electrons. The van der Waals surface area contributed by atoms with Crippen molar-refractivity contribution in [1.29, 1.82) is 0 Å². The summed E-state index contributed by atoms with van der Waals surface area (Å²) in [5.41, 5.74) is 0.934. The highest BCUT2D eigenvalue weighted by atomic mass is 35.5. The number of hydrogen-bond acceptors (Lipinski definition) is 2. The van der Waals surface area contributed by atoms with Gasteiger partial charge in [0.2, 0.25) is 0 Å². The number of thiol groups is 1. The molecule has 15 heavy (non-hydrogen) atoms. The lowest BCUT2D eigenvalue weighted by Crippen LogP contribution is -2.32. The van der Waals surface area contributed by atoms with E-state index in [1.807, 2.05) is 0 Å². The SMILES string of the molecule is CC(C)(CNCS)c1ccc(F)c(Cl)c1. The molecule has 0 fully saturated rings. The quantitative estimate of drug-likeness (QED) is 0.615. The van der Waals surface area contributed by atoms with Crippen LogP contribution in [0, 0.1) is 5.82 Å². The predicted octanol–water partition coefficient (Wildman–Crippen LogP) is 3.23. The standard InChI is InChI=1S/C11H15ClFNS/c1-11(2,6-14-7-15)8-3-4-10(13)9(12)5-8/h3-5,14-15H,6-7H2,1-2H3. The molecule has 0 atom stereocenters. The van der Waals surface area contributed by atoms with E-state index in [0.29, 0.717) is 5.88 Å². The van der Waals surface area contributed by atoms with Crippen molar-refractivity contribution in [3.05, 3.63) is 34.6 Å². The largest absolute Gasteiger partial charge is 0.307 e. The van der Waals surface area contributed by atoms with Gasteiger partial charge in [0.25, 0.3) is 0 Å². The molecule has 0 amide bonds. The minimum absolute atomic E-state index is 0.0833. The summed E-state index contributed by atoms with van der Waals surface area (Å²) in [4.78, 5) is 0. The van der Waals surface area contributed by atoms with Gasteiger partial charge in [0.05, 0.1) is 5.02 Å². The van der Waals surface area contributed by atoms with Crippen LogP contribution < -0.4 is 5.32 Å². The number of rotatable bonds is 4. The lowest BCUT2D eigenvalue weighted by Gasteiger charge is -2.25. The van der Waals surface area contributed by atoms with Crippen LogP contribution in [-0.4, -0.2) is 12.4 Å². The Bertz CT molecular complexity index is 341. The fraction of sp³-hybridized carbons (Fsp3) is 0.455. The normalized spacial score (nSPS) is 11.8. The van der Waals surface area contributed by atoms with E-state index in [4.69, 9.17) is 11.6 Å². The summed E-state index contributed by atoms with van der Waals surface area (Å²) < 4.78 is 13.0. The molecule has 0 bridgehead atoms. The first-order valence-electron chi connectivity index (χ1n) is 4.74. The van der Waals surface area contributed by atoms with Crippen LogP contribution in [0.15, 0.2) is 18.2 Å². The molecule has 0 saturated heterocycles. The molecule has 0 unspecified atom stereocenters. The fourth-order valence-corrected chi connectivity index (χ4v) is 1.68. The smallest absolute Gasteiger partial charge is 0.141 e. The molecule has 0 aliphatic carbocycles. The fourth-order valence-electron chi connectivity index (χ4n) is 1.39. The van der Waals surface area contributed by atoms with Crippen LogP contribution in [-0.2, 0) is 5.41 Å². The van der Waals surface area contributed by atoms with Crippen LogP contribution in [0.5, 0.6) is 0 Å². The highest BCUT2D eigenvalue weighted by molar-refractivity contribution is 7.80. The summed E-state index contributed by atoms with van der Waals surface area (Å²) in [5, 5.41) is 3.32. The van der Waals surface area contributed by atoms with Crippen molar-refractivity contribution in [2.75, 3.05) is 12.4 Å². The molecule has 0 aromatic heterocycles. The van der Waals surface area contributed by atoms with Gasteiger partial charge in [-0.15, -0.1) is 0 Å². The van der Waals surface area contributed by atoms with Crippen molar-refractivity contribution >= 4 is 24.2 Å². The topological polar surface area (TPSA) is 12.0 Å². The molecule has 0 saturated carbocycles. The van der Waals surface area contributed by atoms with Gasteiger partial charge in [-0.3, -0.25) is 0 Å². The summed E-state index contributed by atoms with van der Waals surface area (Å²) in [6.45, 7) is 4.93. The third-order valence-corrected chi connectivity index (χ3v) is 2.89. The zero-order valence-electron chi connectivity index (χ0n) is 8.85. The van der Waals surface area contributed by atoms with E-state index in [9.17, 15) is 4.39 Å². The Labute approximate surface area is 100 Å². The predicted molar refractivity (Wildman–Crippen MR) is 66.3 cm³/mol. The third kappa shape index (κ3) is 3.37. The Morgan fingerprint density at radius 1 is 1.47 bits per heavy atom. The monoisotopic (exact) mass is 247 g/mol. The summed E-state index contributed by atoms with van der Waals surface area (Å²) in [6.07, 6.45) is 0. The maximum absolute atomic E-state index is 13.0. The molecule has 0 heterocycles. The maximum Gasteiger partial charge on any atom is 0.141 e. The molecule has 84 valence electrons. The first-order chi connectivity index (χ1) is 6.97. The molecular weight excluding hydrogens is 233 g/mol. The van der Waals surface area contributed by atoms with Gasteiger partial charge in [-0.05, 0) is 17.7 Å². The molecule has 1 aromatic carbocycles. The van der Waals surface area contributed by atoms with Crippen molar-refractivity contribution < 1.29 is 4.39 Å². The zero-order valence-corrected chi connectivity index (χ0v) is 10.5. The molecule has 1 rings (SSSR count). The Morgan fingerprint density at radius 3 is 2.67 bits per heavy atom. The number of hydrogen-bond donors (Lipinski definition) is 2. The highest BCUT2D eigenvalue weighted by Crippen LogP contribution is 2.26. The lowest BCUT2D eigenvalue weighted by atomic mass is 9.84. The molecular formula is C11H15ClFNS. The first-order valence-corrected chi connectivity index (χ1v) is 5.75. The molecule has 1 N–H and O–H groups in total. The lowest BCUT2D eigenvalue weighted by molar-refractivity contribution is 0.489. The number of benzene rings is 1. The summed E-state index contributed by atoms with van der Waals surface area (Å²) >= 11 is 9.83. The van der Waals surface area contributed by atoms with Gasteiger partial charge in [0.1, 0.15) is 5.82 Å². The third-order valence-electron chi connectivity index (χ3n) is 2.38. The Hall–Kier alpha value is -0.250. The van der Waals surface area contributed by atoms with Crippen LogP contribution in [0.4, 0.5) is 4.39 Å². The van der Waals surface area contributed by atoms with Crippen molar-refractivity contribution in [2.24, 2.45) is 0 Å². The van der Waals surface area contributed by atoms with Crippen molar-refractivity contribution in [2.45, 2.75) is 19.3 Å². The van der Waals surface area contributed by atoms with Gasteiger partial charge in [0, 0.05) is 17.8 Å². The van der Waals surface area contributed by atoms with E-state index in [1.54, 1.807) is 12.1 Å². The second-order valence-corrected chi connectivity index (χ2v) is 4.82. The zero-order chi connectivity index (χ0) is 11.5. The number of halogens is 2. The van der Waals surface area contributed by atoms with Gasteiger partial charge >= 0.3 is 0 Å². The minimum atomic E-state index is -0.377. The van der Waals surface area contributed by atoms with Crippen LogP contribution in [0.2, 0.25) is 5.02 Å². The van der Waals surface area contributed by atoms with E-state index in [-0.39, 0.29) is 16.3 Å². The molecule has 0 spiro atoms. The van der Waals surface area contributed by atoms with E-state index >= 15 is 0 Å². The van der Waals surface area contributed by atoms with Crippen LogP contribution in [0.25, 0.3) is 0 Å². The second kappa shape index (κ2) is 5.19. The van der Waals surface area contributed by atoms with E-state index in [1.165, 1.54) is 6.07 Å². The van der Waals surface area contributed by atoms with Crippen molar-refractivity contribution in [3.63, 3.8) is 0 Å². The molecule has 0 aliphatic rings. The Morgan fingerprint density at radius 2 is 2.13 bits per heavy atom. The van der Waals surface area contributed by atoms with Crippen molar-refractivity contribution in [1.82, 2.24) is 5.32 Å². The minimum Gasteiger partial charge on any atom is -0.307 e. The van der Waals surface area contributed by atoms with E-state index in [0.717, 1.165) is 12.1 Å².